The molecule has 1 N–H and O–H groups in total. The third-order valence-electron chi connectivity index (χ3n) is 2.30. The minimum Gasteiger partial charge on any atom is -0.488 e. The van der Waals surface area contributed by atoms with Gasteiger partial charge in [0.2, 0.25) is 0 Å². The van der Waals surface area contributed by atoms with Crippen LogP contribution in [0.4, 0.5) is 4.39 Å². The van der Waals surface area contributed by atoms with Crippen molar-refractivity contribution in [2.24, 2.45) is 0 Å². The summed E-state index contributed by atoms with van der Waals surface area (Å²) in [5, 5.41) is 8.81. The van der Waals surface area contributed by atoms with E-state index in [1.54, 1.807) is 0 Å². The minimum atomic E-state index is -1.18. The highest BCUT2D eigenvalue weighted by Crippen LogP contribution is 2.29. The molecule has 0 aliphatic rings. The second kappa shape index (κ2) is 6.00. The van der Waals surface area contributed by atoms with Gasteiger partial charge >= 0.3 is 5.97 Å². The summed E-state index contributed by atoms with van der Waals surface area (Å²) in [6.45, 7) is 3.86. The zero-order valence-electron chi connectivity index (χ0n) is 9.67. The quantitative estimate of drug-likeness (QED) is 0.898. The van der Waals surface area contributed by atoms with E-state index in [9.17, 15) is 9.18 Å². The highest BCUT2D eigenvalue weighted by molar-refractivity contribution is 9.10. The Morgan fingerprint density at radius 3 is 2.76 bits per heavy atom. The zero-order valence-corrected chi connectivity index (χ0v) is 11.3. The third kappa shape index (κ3) is 3.43. The van der Waals surface area contributed by atoms with Crippen molar-refractivity contribution in [1.82, 2.24) is 0 Å². The first-order chi connectivity index (χ1) is 7.97. The van der Waals surface area contributed by atoms with Gasteiger partial charge in [0.15, 0.2) is 11.6 Å². The van der Waals surface area contributed by atoms with Crippen molar-refractivity contribution in [1.29, 1.82) is 0 Å². The van der Waals surface area contributed by atoms with Crippen molar-refractivity contribution in [2.45, 2.75) is 32.8 Å². The van der Waals surface area contributed by atoms with Gasteiger partial charge in [-0.15, -0.1) is 0 Å². The number of aromatic carboxylic acids is 1. The van der Waals surface area contributed by atoms with Crippen LogP contribution in [-0.2, 0) is 0 Å². The Morgan fingerprint density at radius 1 is 1.59 bits per heavy atom. The second-order valence-electron chi connectivity index (χ2n) is 3.76. The van der Waals surface area contributed by atoms with Gasteiger partial charge < -0.3 is 9.84 Å². The number of carboxylic acid groups (broad SMARTS) is 1. The molecule has 1 atom stereocenters. The monoisotopic (exact) mass is 304 g/mol. The number of hydrogen-bond acceptors (Lipinski definition) is 2. The Kier molecular flexibility index (Phi) is 4.93. The standard InChI is InChI=1S/C12H14BrFO3/c1-3-4-7(2)17-9-6-5-8(12(15)16)10(13)11(9)14/h5-7H,3-4H2,1-2H3,(H,15,16). The summed E-state index contributed by atoms with van der Waals surface area (Å²) >= 11 is 2.92. The van der Waals surface area contributed by atoms with Gasteiger partial charge in [0.25, 0.3) is 0 Å². The van der Waals surface area contributed by atoms with Crippen LogP contribution in [-0.4, -0.2) is 17.2 Å². The third-order valence-corrected chi connectivity index (χ3v) is 3.08. The molecular weight excluding hydrogens is 291 g/mol. The molecule has 0 radical (unpaired) electrons. The molecule has 5 heteroatoms. The highest BCUT2D eigenvalue weighted by Gasteiger charge is 2.17. The van der Waals surface area contributed by atoms with Gasteiger partial charge in [-0.1, -0.05) is 13.3 Å². The summed E-state index contributed by atoms with van der Waals surface area (Å²) in [4.78, 5) is 10.8. The van der Waals surface area contributed by atoms with E-state index < -0.39 is 11.8 Å². The summed E-state index contributed by atoms with van der Waals surface area (Å²) in [6.07, 6.45) is 1.66. The van der Waals surface area contributed by atoms with E-state index >= 15 is 0 Å². The SMILES string of the molecule is CCCC(C)Oc1ccc(C(=O)O)c(Br)c1F. The molecule has 0 spiro atoms. The number of hydrogen-bond donors (Lipinski definition) is 1. The molecule has 0 aromatic heterocycles. The van der Waals surface area contributed by atoms with Crippen molar-refractivity contribution in [2.75, 3.05) is 0 Å². The Morgan fingerprint density at radius 2 is 2.24 bits per heavy atom. The molecule has 1 aromatic carbocycles. The Hall–Kier alpha value is -1.10. The highest BCUT2D eigenvalue weighted by atomic mass is 79.9. The smallest absolute Gasteiger partial charge is 0.336 e. The second-order valence-corrected chi connectivity index (χ2v) is 4.55. The lowest BCUT2D eigenvalue weighted by Gasteiger charge is -2.15. The molecule has 0 aliphatic carbocycles. The van der Waals surface area contributed by atoms with Gasteiger partial charge in [-0.25, -0.2) is 9.18 Å². The molecule has 1 rings (SSSR count). The van der Waals surface area contributed by atoms with E-state index in [2.05, 4.69) is 15.9 Å². The summed E-state index contributed by atoms with van der Waals surface area (Å²) in [5.74, 6) is -1.78. The lowest BCUT2D eigenvalue weighted by molar-refractivity contribution is 0.0695. The van der Waals surface area contributed by atoms with E-state index in [0.29, 0.717) is 0 Å². The van der Waals surface area contributed by atoms with Crippen LogP contribution >= 0.6 is 15.9 Å². The van der Waals surface area contributed by atoms with Crippen molar-refractivity contribution >= 4 is 21.9 Å². The Balaban J connectivity index is 2.96. The lowest BCUT2D eigenvalue weighted by Crippen LogP contribution is -2.12. The topological polar surface area (TPSA) is 46.5 Å². The molecule has 0 bridgehead atoms. The summed E-state index contributed by atoms with van der Waals surface area (Å²) in [7, 11) is 0. The van der Waals surface area contributed by atoms with E-state index in [4.69, 9.17) is 9.84 Å². The average Bonchev–Trinajstić information content (AvgIpc) is 2.25. The predicted molar refractivity (Wildman–Crippen MR) is 66.1 cm³/mol. The van der Waals surface area contributed by atoms with Gasteiger partial charge in [-0.2, -0.15) is 0 Å². The van der Waals surface area contributed by atoms with Crippen LogP contribution in [0.15, 0.2) is 16.6 Å². The maximum Gasteiger partial charge on any atom is 0.336 e. The molecule has 0 aliphatic heterocycles. The van der Waals surface area contributed by atoms with Crippen LogP contribution in [0.3, 0.4) is 0 Å². The summed E-state index contributed by atoms with van der Waals surface area (Å²) < 4.78 is 19.1. The van der Waals surface area contributed by atoms with Crippen molar-refractivity contribution in [3.8, 4) is 5.75 Å². The van der Waals surface area contributed by atoms with E-state index in [1.165, 1.54) is 12.1 Å². The van der Waals surface area contributed by atoms with Gasteiger partial charge in [-0.05, 0) is 41.4 Å². The number of carboxylic acids is 1. The fraction of sp³-hybridized carbons (Fsp3) is 0.417. The molecule has 0 saturated heterocycles. The van der Waals surface area contributed by atoms with Crippen molar-refractivity contribution in [3.63, 3.8) is 0 Å². The summed E-state index contributed by atoms with van der Waals surface area (Å²) in [5.41, 5.74) is -0.113. The average molecular weight is 305 g/mol. The van der Waals surface area contributed by atoms with Gasteiger partial charge in [0.1, 0.15) is 0 Å². The molecule has 1 aromatic rings. The lowest BCUT2D eigenvalue weighted by atomic mass is 10.2. The molecular formula is C12H14BrFO3. The fourth-order valence-corrected chi connectivity index (χ4v) is 1.97. The molecule has 94 valence electrons. The largest absolute Gasteiger partial charge is 0.488 e. The first kappa shape index (κ1) is 14.0. The number of benzene rings is 1. The van der Waals surface area contributed by atoms with Gasteiger partial charge in [0.05, 0.1) is 16.1 Å². The van der Waals surface area contributed by atoms with Crippen LogP contribution < -0.4 is 4.74 Å². The van der Waals surface area contributed by atoms with Crippen molar-refractivity contribution in [3.05, 3.63) is 28.0 Å². The first-order valence-electron chi connectivity index (χ1n) is 5.35. The van der Waals surface area contributed by atoms with Crippen molar-refractivity contribution < 1.29 is 19.0 Å². The maximum absolute atomic E-state index is 13.8. The van der Waals surface area contributed by atoms with E-state index in [-0.39, 0.29) is 21.9 Å². The van der Waals surface area contributed by atoms with Gasteiger partial charge in [-0.3, -0.25) is 0 Å². The molecule has 1 unspecified atom stereocenters. The molecule has 3 nitrogen and oxygen atoms in total. The zero-order chi connectivity index (χ0) is 13.0. The molecule has 0 saturated carbocycles. The first-order valence-corrected chi connectivity index (χ1v) is 6.14. The van der Waals surface area contributed by atoms with Crippen LogP contribution in [0, 0.1) is 5.82 Å². The van der Waals surface area contributed by atoms with Crippen LogP contribution in [0.2, 0.25) is 0 Å². The van der Waals surface area contributed by atoms with Gasteiger partial charge in [0, 0.05) is 0 Å². The van der Waals surface area contributed by atoms with Crippen LogP contribution in [0.1, 0.15) is 37.0 Å². The van der Waals surface area contributed by atoms with Crippen LogP contribution in [0.5, 0.6) is 5.75 Å². The Bertz CT molecular complexity index is 420. The Labute approximate surface area is 108 Å². The van der Waals surface area contributed by atoms with Crippen LogP contribution in [0.25, 0.3) is 0 Å². The van der Waals surface area contributed by atoms with E-state index in [0.717, 1.165) is 12.8 Å². The molecule has 17 heavy (non-hydrogen) atoms. The number of carbonyl (C=O) groups is 1. The minimum absolute atomic E-state index is 0.0721. The maximum atomic E-state index is 13.8. The normalized spacial score (nSPS) is 12.2. The number of halogens is 2. The fourth-order valence-electron chi connectivity index (χ4n) is 1.47. The number of rotatable bonds is 5. The predicted octanol–water partition coefficient (Wildman–Crippen LogP) is 3.85. The number of ether oxygens (including phenoxy) is 1. The molecule has 0 amide bonds. The molecule has 0 heterocycles. The van der Waals surface area contributed by atoms with E-state index in [1.807, 2.05) is 13.8 Å². The summed E-state index contributed by atoms with van der Waals surface area (Å²) in [6, 6.07) is 2.67. The molecule has 0 fully saturated rings.